The Morgan fingerprint density at radius 3 is 2.81 bits per heavy atom. The summed E-state index contributed by atoms with van der Waals surface area (Å²) in [4.78, 5) is 0. The lowest BCUT2D eigenvalue weighted by atomic mass is 9.89. The van der Waals surface area contributed by atoms with Crippen molar-refractivity contribution in [1.29, 1.82) is 0 Å². The average Bonchev–Trinajstić information content (AvgIpc) is 2.80. The van der Waals surface area contributed by atoms with Crippen molar-refractivity contribution < 1.29 is 0 Å². The van der Waals surface area contributed by atoms with Crippen molar-refractivity contribution in [2.75, 3.05) is 13.1 Å². The molecule has 1 nitrogen and oxygen atoms in total. The van der Waals surface area contributed by atoms with Gasteiger partial charge in [-0.15, -0.1) is 11.6 Å². The maximum Gasteiger partial charge on any atom is 0.0336 e. The second-order valence-corrected chi connectivity index (χ2v) is 6.10. The topological polar surface area (TPSA) is 12.0 Å². The Kier molecular flexibility index (Phi) is 5.14. The minimum Gasteiger partial charge on any atom is -0.316 e. The van der Waals surface area contributed by atoms with Crippen LogP contribution in [0.3, 0.4) is 0 Å². The van der Waals surface area contributed by atoms with E-state index in [1.807, 2.05) is 0 Å². The molecule has 0 bridgehead atoms. The van der Waals surface area contributed by atoms with Gasteiger partial charge in [-0.2, -0.15) is 11.3 Å². The van der Waals surface area contributed by atoms with Crippen LogP contribution in [0.4, 0.5) is 0 Å². The van der Waals surface area contributed by atoms with Crippen LogP contribution in [0, 0.1) is 5.92 Å². The Morgan fingerprint density at radius 2 is 2.12 bits per heavy atom. The van der Waals surface area contributed by atoms with Crippen LogP contribution in [0.2, 0.25) is 0 Å². The first kappa shape index (κ1) is 12.4. The number of thiophene rings is 1. The van der Waals surface area contributed by atoms with Gasteiger partial charge in [0.1, 0.15) is 0 Å². The van der Waals surface area contributed by atoms with Gasteiger partial charge in [-0.1, -0.05) is 0 Å². The Hall–Kier alpha value is -0.0500. The molecule has 1 N–H and O–H groups in total. The zero-order valence-corrected chi connectivity index (χ0v) is 11.2. The van der Waals surface area contributed by atoms with Crippen LogP contribution in [-0.4, -0.2) is 18.5 Å². The molecule has 0 amide bonds. The van der Waals surface area contributed by atoms with Gasteiger partial charge >= 0.3 is 0 Å². The summed E-state index contributed by atoms with van der Waals surface area (Å²) in [6, 6.07) is 2.21. The summed E-state index contributed by atoms with van der Waals surface area (Å²) in [6.07, 6.45) is 6.18. The fourth-order valence-electron chi connectivity index (χ4n) is 2.30. The summed E-state index contributed by atoms with van der Waals surface area (Å²) in [5, 5.41) is 8.40. The average molecular weight is 258 g/mol. The van der Waals surface area contributed by atoms with E-state index in [-0.39, 0.29) is 0 Å². The molecular formula is C13H20ClNS. The van der Waals surface area contributed by atoms with Crippen LogP contribution in [0.1, 0.15) is 31.2 Å². The molecular weight excluding hydrogens is 238 g/mol. The molecule has 0 aromatic carbocycles. The Bertz CT molecular complexity index is 278. The number of hydrogen-bond acceptors (Lipinski definition) is 2. The van der Waals surface area contributed by atoms with Gasteiger partial charge in [0.25, 0.3) is 0 Å². The molecule has 1 aliphatic carbocycles. The van der Waals surface area contributed by atoms with Crippen LogP contribution in [-0.2, 0) is 6.42 Å². The third-order valence-electron chi connectivity index (χ3n) is 3.38. The third-order valence-corrected chi connectivity index (χ3v) is 4.55. The third kappa shape index (κ3) is 4.08. The molecule has 0 atom stereocenters. The monoisotopic (exact) mass is 257 g/mol. The summed E-state index contributed by atoms with van der Waals surface area (Å²) < 4.78 is 0. The van der Waals surface area contributed by atoms with Gasteiger partial charge in [0.05, 0.1) is 0 Å². The van der Waals surface area contributed by atoms with Gasteiger partial charge in [-0.25, -0.2) is 0 Å². The molecule has 1 fully saturated rings. The van der Waals surface area contributed by atoms with E-state index in [2.05, 4.69) is 22.1 Å². The van der Waals surface area contributed by atoms with Crippen molar-refractivity contribution >= 4 is 22.9 Å². The van der Waals surface area contributed by atoms with Crippen LogP contribution in [0.25, 0.3) is 0 Å². The molecule has 90 valence electrons. The number of rotatable bonds is 5. The first-order valence-corrected chi connectivity index (χ1v) is 7.58. The zero-order chi connectivity index (χ0) is 11.2. The van der Waals surface area contributed by atoms with Crippen LogP contribution >= 0.6 is 22.9 Å². The van der Waals surface area contributed by atoms with E-state index in [0.717, 1.165) is 18.9 Å². The van der Waals surface area contributed by atoms with Gasteiger partial charge in [-0.05, 0) is 73.5 Å². The molecule has 3 heteroatoms. The highest BCUT2D eigenvalue weighted by atomic mass is 35.5. The summed E-state index contributed by atoms with van der Waals surface area (Å²) in [5.41, 5.74) is 1.46. The van der Waals surface area contributed by atoms with E-state index in [4.69, 9.17) is 11.6 Å². The van der Waals surface area contributed by atoms with E-state index < -0.39 is 0 Å². The molecule has 1 aromatic rings. The molecule has 0 spiro atoms. The summed E-state index contributed by atoms with van der Waals surface area (Å²) >= 11 is 7.88. The highest BCUT2D eigenvalue weighted by Crippen LogP contribution is 2.26. The lowest BCUT2D eigenvalue weighted by molar-refractivity contribution is 0.347. The number of hydrogen-bond donors (Lipinski definition) is 1. The standard InChI is InChI=1S/C13H20ClNS/c14-13-3-1-11(2-4-13)9-15-7-5-12-6-8-16-10-12/h6,8,10-11,13,15H,1-5,7,9H2. The van der Waals surface area contributed by atoms with Crippen molar-refractivity contribution in [3.05, 3.63) is 22.4 Å². The van der Waals surface area contributed by atoms with Gasteiger partial charge < -0.3 is 5.32 Å². The molecule has 0 unspecified atom stereocenters. The minimum absolute atomic E-state index is 0.446. The van der Waals surface area contributed by atoms with Crippen molar-refractivity contribution in [1.82, 2.24) is 5.32 Å². The fourth-order valence-corrected chi connectivity index (χ4v) is 3.25. The van der Waals surface area contributed by atoms with Crippen molar-refractivity contribution in [3.63, 3.8) is 0 Å². The molecule has 1 aromatic heterocycles. The van der Waals surface area contributed by atoms with E-state index >= 15 is 0 Å². The van der Waals surface area contributed by atoms with E-state index in [1.165, 1.54) is 37.8 Å². The first-order valence-electron chi connectivity index (χ1n) is 6.20. The summed E-state index contributed by atoms with van der Waals surface area (Å²) in [5.74, 6) is 0.859. The van der Waals surface area contributed by atoms with Gasteiger partial charge in [0.15, 0.2) is 0 Å². The summed E-state index contributed by atoms with van der Waals surface area (Å²) in [6.45, 7) is 2.28. The molecule has 1 heterocycles. The predicted octanol–water partition coefficient (Wildman–Crippen LogP) is 3.68. The predicted molar refractivity (Wildman–Crippen MR) is 72.5 cm³/mol. The number of nitrogens with one attached hydrogen (secondary N) is 1. The van der Waals surface area contributed by atoms with Gasteiger partial charge in [-0.3, -0.25) is 0 Å². The van der Waals surface area contributed by atoms with E-state index in [0.29, 0.717) is 5.38 Å². The maximum atomic E-state index is 6.09. The smallest absolute Gasteiger partial charge is 0.0336 e. The minimum atomic E-state index is 0.446. The Labute approximate surface area is 107 Å². The molecule has 1 aliphatic rings. The maximum absolute atomic E-state index is 6.09. The van der Waals surface area contributed by atoms with Crippen LogP contribution < -0.4 is 5.32 Å². The first-order chi connectivity index (χ1) is 7.84. The number of halogens is 1. The highest BCUT2D eigenvalue weighted by molar-refractivity contribution is 7.07. The molecule has 16 heavy (non-hydrogen) atoms. The van der Waals surface area contributed by atoms with Crippen LogP contribution in [0.5, 0.6) is 0 Å². The molecule has 0 aliphatic heterocycles. The fraction of sp³-hybridized carbons (Fsp3) is 0.692. The number of alkyl halides is 1. The van der Waals surface area contributed by atoms with Gasteiger partial charge in [0, 0.05) is 5.38 Å². The second-order valence-electron chi connectivity index (χ2n) is 4.70. The van der Waals surface area contributed by atoms with Crippen molar-refractivity contribution in [2.45, 2.75) is 37.5 Å². The van der Waals surface area contributed by atoms with E-state index in [9.17, 15) is 0 Å². The molecule has 0 radical (unpaired) electrons. The highest BCUT2D eigenvalue weighted by Gasteiger charge is 2.18. The lowest BCUT2D eigenvalue weighted by Crippen LogP contribution is -2.28. The largest absolute Gasteiger partial charge is 0.316 e. The normalized spacial score (nSPS) is 25.8. The van der Waals surface area contributed by atoms with Gasteiger partial charge in [0.2, 0.25) is 0 Å². The summed E-state index contributed by atoms with van der Waals surface area (Å²) in [7, 11) is 0. The van der Waals surface area contributed by atoms with Crippen molar-refractivity contribution in [3.8, 4) is 0 Å². The molecule has 1 saturated carbocycles. The Balaban J connectivity index is 1.55. The SMILES string of the molecule is ClC1CCC(CNCCc2ccsc2)CC1. The van der Waals surface area contributed by atoms with E-state index in [1.54, 1.807) is 11.3 Å². The zero-order valence-electron chi connectivity index (χ0n) is 9.62. The Morgan fingerprint density at radius 1 is 1.31 bits per heavy atom. The quantitative estimate of drug-likeness (QED) is 0.627. The van der Waals surface area contributed by atoms with Crippen molar-refractivity contribution in [2.24, 2.45) is 5.92 Å². The second kappa shape index (κ2) is 6.63. The van der Waals surface area contributed by atoms with Crippen LogP contribution in [0.15, 0.2) is 16.8 Å². The molecule has 0 saturated heterocycles. The lowest BCUT2D eigenvalue weighted by Gasteiger charge is -2.25. The molecule has 2 rings (SSSR count).